The van der Waals surface area contributed by atoms with Crippen molar-refractivity contribution < 1.29 is 14.7 Å². The van der Waals surface area contributed by atoms with E-state index in [0.717, 1.165) is 0 Å². The lowest BCUT2D eigenvalue weighted by Gasteiger charge is -2.20. The summed E-state index contributed by atoms with van der Waals surface area (Å²) in [5.74, 6) is 1.76. The highest BCUT2D eigenvalue weighted by Crippen LogP contribution is 2.01. The number of nitrogens with zero attached hydrogens (tertiary/aromatic N) is 3. The summed E-state index contributed by atoms with van der Waals surface area (Å²) in [6, 6.07) is -1.59. The van der Waals surface area contributed by atoms with Gasteiger partial charge in [0.2, 0.25) is 0 Å². The molecule has 2 amide bonds. The molecule has 1 rings (SSSR count). The third-order valence-corrected chi connectivity index (χ3v) is 2.56. The van der Waals surface area contributed by atoms with Crippen LogP contribution < -0.4 is 5.32 Å². The van der Waals surface area contributed by atoms with Crippen LogP contribution in [0, 0.1) is 12.3 Å². The Morgan fingerprint density at radius 1 is 1.68 bits per heavy atom. The molecule has 0 bridgehead atoms. The number of imidazole rings is 1. The molecule has 1 atom stereocenters. The molecule has 7 nitrogen and oxygen atoms in total. The number of carbonyl (C=O) groups excluding carboxylic acids is 1. The Bertz CT molecular complexity index is 503. The molecule has 19 heavy (non-hydrogen) atoms. The Kier molecular flexibility index (Phi) is 4.94. The Morgan fingerprint density at radius 2 is 2.37 bits per heavy atom. The number of nitrogens with one attached hydrogen (secondary N) is 1. The van der Waals surface area contributed by atoms with Gasteiger partial charge in [-0.2, -0.15) is 0 Å². The number of aryl methyl sites for hydroxylation is 1. The number of hydrogen-bond acceptors (Lipinski definition) is 3. The van der Waals surface area contributed by atoms with E-state index < -0.39 is 18.0 Å². The molecule has 0 aliphatic rings. The van der Waals surface area contributed by atoms with Gasteiger partial charge in [0.05, 0.1) is 6.54 Å². The van der Waals surface area contributed by atoms with Crippen LogP contribution in [0.3, 0.4) is 0 Å². The molecule has 0 aliphatic heterocycles. The summed E-state index contributed by atoms with van der Waals surface area (Å²) in [7, 11) is 3.37. The molecular formula is C12H16N4O3. The molecule has 0 saturated heterocycles. The molecule has 2 N–H and O–H groups in total. The van der Waals surface area contributed by atoms with Crippen molar-refractivity contribution in [3.05, 3.63) is 18.2 Å². The molecule has 102 valence electrons. The molecule has 0 fully saturated rings. The van der Waals surface area contributed by atoms with Gasteiger partial charge < -0.3 is 19.9 Å². The molecule has 1 heterocycles. The summed E-state index contributed by atoms with van der Waals surface area (Å²) >= 11 is 0. The smallest absolute Gasteiger partial charge is 0.327 e. The van der Waals surface area contributed by atoms with Gasteiger partial charge in [0.1, 0.15) is 11.9 Å². The summed E-state index contributed by atoms with van der Waals surface area (Å²) in [6.07, 6.45) is 8.39. The highest BCUT2D eigenvalue weighted by Gasteiger charge is 2.21. The second kappa shape index (κ2) is 6.44. The fourth-order valence-electron chi connectivity index (χ4n) is 1.41. The molecule has 0 spiro atoms. The van der Waals surface area contributed by atoms with E-state index in [1.165, 1.54) is 4.90 Å². The first kappa shape index (κ1) is 14.6. The molecule has 1 unspecified atom stereocenters. The Labute approximate surface area is 111 Å². The molecule has 7 heteroatoms. The van der Waals surface area contributed by atoms with E-state index >= 15 is 0 Å². The van der Waals surface area contributed by atoms with Crippen molar-refractivity contribution in [2.75, 3.05) is 7.05 Å². The summed E-state index contributed by atoms with van der Waals surface area (Å²) in [5, 5.41) is 11.2. The lowest BCUT2D eigenvalue weighted by molar-refractivity contribution is -0.139. The zero-order chi connectivity index (χ0) is 14.4. The highest BCUT2D eigenvalue weighted by molar-refractivity contribution is 5.82. The number of amides is 2. The minimum Gasteiger partial charge on any atom is -0.480 e. The van der Waals surface area contributed by atoms with Gasteiger partial charge in [0.25, 0.3) is 0 Å². The van der Waals surface area contributed by atoms with Crippen LogP contribution in [-0.4, -0.2) is 44.6 Å². The molecule has 1 aromatic heterocycles. The first-order valence-corrected chi connectivity index (χ1v) is 5.59. The third kappa shape index (κ3) is 4.03. The van der Waals surface area contributed by atoms with Crippen LogP contribution in [0.1, 0.15) is 12.2 Å². The van der Waals surface area contributed by atoms with Gasteiger partial charge in [-0.1, -0.05) is 0 Å². The lowest BCUT2D eigenvalue weighted by Crippen LogP contribution is -2.46. The number of rotatable bonds is 5. The Morgan fingerprint density at radius 3 is 2.84 bits per heavy atom. The van der Waals surface area contributed by atoms with Crippen molar-refractivity contribution in [1.82, 2.24) is 19.8 Å². The second-order valence-electron chi connectivity index (χ2n) is 4.06. The van der Waals surface area contributed by atoms with E-state index in [1.54, 1.807) is 24.0 Å². The van der Waals surface area contributed by atoms with E-state index in [0.29, 0.717) is 5.82 Å². The van der Waals surface area contributed by atoms with E-state index in [4.69, 9.17) is 11.5 Å². The fraction of sp³-hybridized carbons (Fsp3) is 0.417. The van der Waals surface area contributed by atoms with E-state index in [2.05, 4.69) is 16.2 Å². The van der Waals surface area contributed by atoms with Crippen LogP contribution >= 0.6 is 0 Å². The van der Waals surface area contributed by atoms with Crippen LogP contribution in [0.2, 0.25) is 0 Å². The maximum atomic E-state index is 11.8. The first-order chi connectivity index (χ1) is 8.95. The number of carboxylic acids is 1. The first-order valence-electron chi connectivity index (χ1n) is 5.59. The summed E-state index contributed by atoms with van der Waals surface area (Å²) < 4.78 is 1.78. The van der Waals surface area contributed by atoms with Gasteiger partial charge in [-0.3, -0.25) is 0 Å². The van der Waals surface area contributed by atoms with Crippen LogP contribution in [0.25, 0.3) is 0 Å². The van der Waals surface area contributed by atoms with Gasteiger partial charge in [0, 0.05) is 32.9 Å². The maximum absolute atomic E-state index is 11.8. The zero-order valence-corrected chi connectivity index (χ0v) is 10.8. The standard InChI is InChI=1S/C12H16N4O3/c1-4-5-9(11(17)18)14-12(19)16(3)8-10-13-6-7-15(10)2/h1,6-7,9H,5,8H2,2-3H3,(H,14,19)(H,17,18). The number of aliphatic carboxylic acids is 1. The maximum Gasteiger partial charge on any atom is 0.327 e. The molecule has 0 saturated carbocycles. The largest absolute Gasteiger partial charge is 0.480 e. The second-order valence-corrected chi connectivity index (χ2v) is 4.06. The van der Waals surface area contributed by atoms with E-state index in [1.807, 2.05) is 7.05 Å². The minimum absolute atomic E-state index is 0.0582. The minimum atomic E-state index is -1.16. The van der Waals surface area contributed by atoms with Gasteiger partial charge in [-0.25, -0.2) is 14.6 Å². The monoisotopic (exact) mass is 264 g/mol. The molecule has 0 radical (unpaired) electrons. The Balaban J connectivity index is 2.60. The topological polar surface area (TPSA) is 87.5 Å². The zero-order valence-electron chi connectivity index (χ0n) is 10.8. The number of urea groups is 1. The number of aromatic nitrogens is 2. The molecule has 0 aromatic carbocycles. The van der Waals surface area contributed by atoms with E-state index in [-0.39, 0.29) is 13.0 Å². The van der Waals surface area contributed by atoms with Crippen molar-refractivity contribution in [3.63, 3.8) is 0 Å². The van der Waals surface area contributed by atoms with Crippen LogP contribution in [0.15, 0.2) is 12.4 Å². The number of hydrogen-bond donors (Lipinski definition) is 2. The highest BCUT2D eigenvalue weighted by atomic mass is 16.4. The van der Waals surface area contributed by atoms with Gasteiger partial charge >= 0.3 is 12.0 Å². The Hall–Kier alpha value is -2.49. The predicted octanol–water partition coefficient (Wildman–Crippen LogP) is 0.0380. The van der Waals surface area contributed by atoms with Crippen molar-refractivity contribution in [1.29, 1.82) is 0 Å². The SMILES string of the molecule is C#CCC(NC(=O)N(C)Cc1nccn1C)C(=O)O. The van der Waals surface area contributed by atoms with Crippen molar-refractivity contribution >= 4 is 12.0 Å². The molecule has 1 aromatic rings. The molecule has 0 aliphatic carbocycles. The predicted molar refractivity (Wildman–Crippen MR) is 68.1 cm³/mol. The summed E-state index contributed by atoms with van der Waals surface area (Å²) in [6.45, 7) is 0.276. The fourth-order valence-corrected chi connectivity index (χ4v) is 1.41. The van der Waals surface area contributed by atoms with E-state index in [9.17, 15) is 9.59 Å². The number of carboxylic acid groups (broad SMARTS) is 1. The van der Waals surface area contributed by atoms with Crippen LogP contribution in [0.5, 0.6) is 0 Å². The summed E-state index contributed by atoms with van der Waals surface area (Å²) in [5.41, 5.74) is 0. The van der Waals surface area contributed by atoms with Gasteiger partial charge in [-0.05, 0) is 0 Å². The van der Waals surface area contributed by atoms with Gasteiger partial charge in [-0.15, -0.1) is 12.3 Å². The quantitative estimate of drug-likeness (QED) is 0.735. The van der Waals surface area contributed by atoms with Crippen molar-refractivity contribution in [2.24, 2.45) is 7.05 Å². The average molecular weight is 264 g/mol. The van der Waals surface area contributed by atoms with Crippen molar-refractivity contribution in [3.8, 4) is 12.3 Å². The van der Waals surface area contributed by atoms with Crippen molar-refractivity contribution in [2.45, 2.75) is 19.0 Å². The lowest BCUT2D eigenvalue weighted by atomic mass is 10.2. The van der Waals surface area contributed by atoms with Crippen LogP contribution in [0.4, 0.5) is 4.79 Å². The normalized spacial score (nSPS) is 11.4. The molecular weight excluding hydrogens is 248 g/mol. The number of terminal acetylenes is 1. The van der Waals surface area contributed by atoms with Gasteiger partial charge in [0.15, 0.2) is 0 Å². The third-order valence-electron chi connectivity index (χ3n) is 2.56. The average Bonchev–Trinajstić information content (AvgIpc) is 2.74. The number of carbonyl (C=O) groups is 2. The van der Waals surface area contributed by atoms with Crippen LogP contribution in [-0.2, 0) is 18.4 Å². The summed E-state index contributed by atoms with van der Waals surface area (Å²) in [4.78, 5) is 28.1.